The average Bonchev–Trinajstić information content (AvgIpc) is 3.32. The molecule has 1 aliphatic carbocycles. The van der Waals surface area contributed by atoms with E-state index in [0.29, 0.717) is 29.5 Å². The molecule has 0 bridgehead atoms. The molecule has 1 aliphatic rings. The van der Waals surface area contributed by atoms with E-state index in [-0.39, 0.29) is 17.8 Å². The molecular formula is C22H27NO3S. The third-order valence-electron chi connectivity index (χ3n) is 5.17. The van der Waals surface area contributed by atoms with Crippen molar-refractivity contribution in [3.05, 3.63) is 52.4 Å². The summed E-state index contributed by atoms with van der Waals surface area (Å²) >= 11 is 1.47. The van der Waals surface area contributed by atoms with Gasteiger partial charge in [0.25, 0.3) is 0 Å². The van der Waals surface area contributed by atoms with Gasteiger partial charge in [0.1, 0.15) is 5.00 Å². The Kier molecular flexibility index (Phi) is 6.67. The second-order valence-corrected chi connectivity index (χ2v) is 8.23. The van der Waals surface area contributed by atoms with Crippen molar-refractivity contribution in [1.82, 2.24) is 0 Å². The van der Waals surface area contributed by atoms with Crippen molar-refractivity contribution in [2.45, 2.75) is 51.9 Å². The van der Waals surface area contributed by atoms with Gasteiger partial charge in [-0.2, -0.15) is 0 Å². The minimum atomic E-state index is -0.378. The van der Waals surface area contributed by atoms with Crippen molar-refractivity contribution in [2.24, 2.45) is 5.92 Å². The highest BCUT2D eigenvalue weighted by atomic mass is 32.1. The number of nitrogens with one attached hydrogen (secondary N) is 1. The first-order valence-electron chi connectivity index (χ1n) is 9.74. The Morgan fingerprint density at radius 1 is 1.22 bits per heavy atom. The number of carbonyl (C=O) groups excluding carboxylic acids is 2. The van der Waals surface area contributed by atoms with Gasteiger partial charge >= 0.3 is 5.97 Å². The Labute approximate surface area is 164 Å². The van der Waals surface area contributed by atoms with E-state index in [1.807, 2.05) is 24.3 Å². The van der Waals surface area contributed by atoms with Crippen LogP contribution in [0, 0.1) is 5.92 Å². The van der Waals surface area contributed by atoms with Gasteiger partial charge in [0.05, 0.1) is 12.2 Å². The first kappa shape index (κ1) is 19.6. The summed E-state index contributed by atoms with van der Waals surface area (Å²) in [4.78, 5) is 25.9. The summed E-state index contributed by atoms with van der Waals surface area (Å²) in [5, 5.41) is 3.59. The van der Waals surface area contributed by atoms with E-state index in [1.54, 1.807) is 6.92 Å². The van der Waals surface area contributed by atoms with Gasteiger partial charge in [0, 0.05) is 17.2 Å². The molecule has 1 aromatic heterocycles. The van der Waals surface area contributed by atoms with Crippen LogP contribution in [0.25, 0.3) is 0 Å². The zero-order chi connectivity index (χ0) is 19.2. The topological polar surface area (TPSA) is 55.4 Å². The number of anilines is 1. The number of ether oxygens (including phenoxy) is 1. The van der Waals surface area contributed by atoms with Crippen molar-refractivity contribution in [1.29, 1.82) is 0 Å². The molecule has 2 aromatic rings. The monoisotopic (exact) mass is 385 g/mol. The van der Waals surface area contributed by atoms with Gasteiger partial charge in [-0.1, -0.05) is 50.1 Å². The minimum Gasteiger partial charge on any atom is -0.462 e. The summed E-state index contributed by atoms with van der Waals surface area (Å²) < 4.78 is 5.20. The van der Waals surface area contributed by atoms with Crippen molar-refractivity contribution >= 4 is 28.2 Å². The molecule has 1 saturated carbocycles. The molecule has 1 amide bonds. The Bertz CT molecular complexity index is 778. The normalized spacial score (nSPS) is 15.5. The molecule has 4 nitrogen and oxygen atoms in total. The van der Waals surface area contributed by atoms with Crippen molar-refractivity contribution in [2.75, 3.05) is 11.9 Å². The van der Waals surface area contributed by atoms with E-state index >= 15 is 0 Å². The molecule has 1 aromatic carbocycles. The first-order valence-corrected chi connectivity index (χ1v) is 10.6. The fourth-order valence-electron chi connectivity index (χ4n) is 3.64. The second-order valence-electron chi connectivity index (χ2n) is 7.15. The van der Waals surface area contributed by atoms with E-state index < -0.39 is 0 Å². The Morgan fingerprint density at radius 2 is 1.93 bits per heavy atom. The molecule has 1 N–H and O–H groups in total. The van der Waals surface area contributed by atoms with E-state index in [9.17, 15) is 9.59 Å². The molecule has 0 radical (unpaired) electrons. The highest BCUT2D eigenvalue weighted by Gasteiger charge is 2.24. The molecule has 1 atom stereocenters. The molecule has 0 saturated heterocycles. The van der Waals surface area contributed by atoms with Crippen LogP contribution in [0.4, 0.5) is 5.00 Å². The highest BCUT2D eigenvalue weighted by Crippen LogP contribution is 2.37. The summed E-state index contributed by atoms with van der Waals surface area (Å²) in [6.45, 7) is 4.21. The van der Waals surface area contributed by atoms with E-state index in [2.05, 4.69) is 24.4 Å². The van der Waals surface area contributed by atoms with Crippen LogP contribution >= 0.6 is 11.3 Å². The average molecular weight is 386 g/mol. The maximum atomic E-state index is 12.5. The van der Waals surface area contributed by atoms with Crippen LogP contribution in [0.2, 0.25) is 0 Å². The second kappa shape index (κ2) is 9.18. The molecule has 1 fully saturated rings. The molecule has 0 unspecified atom stereocenters. The van der Waals surface area contributed by atoms with Gasteiger partial charge < -0.3 is 10.1 Å². The predicted molar refractivity (Wildman–Crippen MR) is 109 cm³/mol. The number of hydrogen-bond acceptors (Lipinski definition) is 4. The number of thiophene rings is 1. The van der Waals surface area contributed by atoms with Crippen LogP contribution in [0.15, 0.2) is 36.4 Å². The molecular weight excluding hydrogens is 358 g/mol. The summed E-state index contributed by atoms with van der Waals surface area (Å²) in [5.41, 5.74) is 1.64. The summed E-state index contributed by atoms with van der Waals surface area (Å²) in [6.07, 6.45) is 5.20. The number of hydrogen-bond donors (Lipinski definition) is 1. The number of carbonyl (C=O) groups is 2. The van der Waals surface area contributed by atoms with Crippen LogP contribution in [0.1, 0.15) is 72.7 Å². The fourth-order valence-corrected chi connectivity index (χ4v) is 4.78. The fraction of sp³-hybridized carbons (Fsp3) is 0.455. The third-order valence-corrected chi connectivity index (χ3v) is 6.41. The van der Waals surface area contributed by atoms with Crippen molar-refractivity contribution < 1.29 is 14.3 Å². The summed E-state index contributed by atoms with van der Waals surface area (Å²) in [7, 11) is 0. The number of esters is 1. The first-order chi connectivity index (χ1) is 13.1. The minimum absolute atomic E-state index is 0.00628. The summed E-state index contributed by atoms with van der Waals surface area (Å²) in [6, 6.07) is 12.0. The lowest BCUT2D eigenvalue weighted by Gasteiger charge is -2.10. The van der Waals surface area contributed by atoms with Crippen molar-refractivity contribution in [3.63, 3.8) is 0 Å². The van der Waals surface area contributed by atoms with E-state index in [1.165, 1.54) is 29.7 Å². The molecule has 1 heterocycles. The molecule has 144 valence electrons. The zero-order valence-electron chi connectivity index (χ0n) is 16.0. The lowest BCUT2D eigenvalue weighted by Crippen LogP contribution is -2.16. The largest absolute Gasteiger partial charge is 0.462 e. The van der Waals surface area contributed by atoms with Crippen LogP contribution in [0.5, 0.6) is 0 Å². The lowest BCUT2D eigenvalue weighted by molar-refractivity contribution is -0.117. The Balaban J connectivity index is 1.81. The number of benzene rings is 1. The van der Waals surface area contributed by atoms with Gasteiger partial charge in [-0.05, 0) is 37.3 Å². The van der Waals surface area contributed by atoms with E-state index in [4.69, 9.17) is 4.74 Å². The van der Waals surface area contributed by atoms with Crippen LogP contribution < -0.4 is 5.32 Å². The molecule has 5 heteroatoms. The SMILES string of the molecule is CCOC(=O)c1cc([C@H](C)c2ccccc2)sc1NC(=O)CC1CCCC1. The van der Waals surface area contributed by atoms with Gasteiger partial charge in [0.15, 0.2) is 0 Å². The molecule has 27 heavy (non-hydrogen) atoms. The third kappa shape index (κ3) is 4.98. The molecule has 0 spiro atoms. The van der Waals surface area contributed by atoms with Crippen LogP contribution in [-0.4, -0.2) is 18.5 Å². The van der Waals surface area contributed by atoms with Crippen LogP contribution in [-0.2, 0) is 9.53 Å². The quantitative estimate of drug-likeness (QED) is 0.632. The predicted octanol–water partition coefficient (Wildman–Crippen LogP) is 5.60. The lowest BCUT2D eigenvalue weighted by atomic mass is 9.99. The molecule has 3 rings (SSSR count). The maximum absolute atomic E-state index is 12.5. The number of rotatable bonds is 7. The Hall–Kier alpha value is -2.14. The van der Waals surface area contributed by atoms with Crippen LogP contribution in [0.3, 0.4) is 0 Å². The maximum Gasteiger partial charge on any atom is 0.341 e. The molecule has 0 aliphatic heterocycles. The van der Waals surface area contributed by atoms with Gasteiger partial charge in [-0.3, -0.25) is 4.79 Å². The standard InChI is InChI=1S/C22H27NO3S/c1-3-26-22(25)18-14-19(15(2)17-11-5-4-6-12-17)27-21(18)23-20(24)13-16-9-7-8-10-16/h4-6,11-12,14-16H,3,7-10,13H2,1-2H3,(H,23,24)/t15-/m1/s1. The van der Waals surface area contributed by atoms with Crippen molar-refractivity contribution in [3.8, 4) is 0 Å². The zero-order valence-corrected chi connectivity index (χ0v) is 16.8. The smallest absolute Gasteiger partial charge is 0.341 e. The van der Waals surface area contributed by atoms with Gasteiger partial charge in [0.2, 0.25) is 5.91 Å². The van der Waals surface area contributed by atoms with Gasteiger partial charge in [-0.25, -0.2) is 4.79 Å². The highest BCUT2D eigenvalue weighted by molar-refractivity contribution is 7.16. The van der Waals surface area contributed by atoms with E-state index in [0.717, 1.165) is 17.7 Å². The van der Waals surface area contributed by atoms with Gasteiger partial charge in [-0.15, -0.1) is 11.3 Å². The number of amides is 1. The summed E-state index contributed by atoms with van der Waals surface area (Å²) in [5.74, 6) is 0.230. The Morgan fingerprint density at radius 3 is 2.59 bits per heavy atom.